The number of hydrogen-bond donors (Lipinski definition) is 1. The molecule has 3 aromatic rings. The maximum absolute atomic E-state index is 12.3. The van der Waals surface area contributed by atoms with Crippen LogP contribution in [0.1, 0.15) is 15.9 Å². The smallest absolute Gasteiger partial charge is 0.252 e. The summed E-state index contributed by atoms with van der Waals surface area (Å²) in [5, 5.41) is 2.93. The number of benzene rings is 3. The van der Waals surface area contributed by atoms with Crippen LogP contribution >= 0.6 is 22.6 Å². The van der Waals surface area contributed by atoms with E-state index in [1.165, 1.54) is 0 Å². The molecule has 0 aliphatic carbocycles. The number of halogens is 1. The topological polar surface area (TPSA) is 38.3 Å². The van der Waals surface area contributed by atoms with Crippen LogP contribution in [0.15, 0.2) is 72.8 Å². The second kappa shape index (κ2) is 8.85. The predicted octanol–water partition coefficient (Wildman–Crippen LogP) is 5.08. The highest BCUT2D eigenvalue weighted by atomic mass is 127. The van der Waals surface area contributed by atoms with Gasteiger partial charge in [0.1, 0.15) is 12.4 Å². The molecule has 0 saturated carbocycles. The molecule has 0 heterocycles. The first-order chi connectivity index (χ1) is 12.7. The van der Waals surface area contributed by atoms with E-state index >= 15 is 0 Å². The van der Waals surface area contributed by atoms with Gasteiger partial charge in [0.25, 0.3) is 5.91 Å². The van der Waals surface area contributed by atoms with E-state index in [-0.39, 0.29) is 5.91 Å². The highest BCUT2D eigenvalue weighted by Crippen LogP contribution is 2.29. The zero-order valence-corrected chi connectivity index (χ0v) is 16.7. The van der Waals surface area contributed by atoms with Crippen LogP contribution in [0, 0.1) is 10.5 Å². The standard InChI is InChI=1S/C22H20INO2/c1-16-8-7-12-19(21(16)23)22(25)24-14-15-26-20-13-6-5-11-18(20)17-9-3-2-4-10-17/h2-13H,14-15H2,1H3,(H,24,25). The molecule has 1 amide bonds. The molecule has 3 aromatic carbocycles. The third-order valence-electron chi connectivity index (χ3n) is 4.05. The number of carbonyl (C=O) groups is 1. The van der Waals surface area contributed by atoms with Crippen molar-refractivity contribution in [3.8, 4) is 16.9 Å². The summed E-state index contributed by atoms with van der Waals surface area (Å²) >= 11 is 2.21. The lowest BCUT2D eigenvalue weighted by Gasteiger charge is -2.13. The highest BCUT2D eigenvalue weighted by molar-refractivity contribution is 14.1. The number of hydrogen-bond acceptors (Lipinski definition) is 2. The average molecular weight is 457 g/mol. The number of aryl methyl sites for hydroxylation is 1. The molecular weight excluding hydrogens is 437 g/mol. The molecule has 0 radical (unpaired) electrons. The average Bonchev–Trinajstić information content (AvgIpc) is 2.68. The number of ether oxygens (including phenoxy) is 1. The van der Waals surface area contributed by atoms with Gasteiger partial charge >= 0.3 is 0 Å². The van der Waals surface area contributed by atoms with Crippen molar-refractivity contribution in [2.45, 2.75) is 6.92 Å². The third-order valence-corrected chi connectivity index (χ3v) is 5.49. The van der Waals surface area contributed by atoms with Crippen LogP contribution in [-0.4, -0.2) is 19.1 Å². The van der Waals surface area contributed by atoms with Crippen molar-refractivity contribution in [1.82, 2.24) is 5.32 Å². The van der Waals surface area contributed by atoms with Gasteiger partial charge in [0, 0.05) is 9.13 Å². The molecule has 0 atom stereocenters. The van der Waals surface area contributed by atoms with Gasteiger partial charge in [0.15, 0.2) is 0 Å². The van der Waals surface area contributed by atoms with Gasteiger partial charge in [0.2, 0.25) is 0 Å². The zero-order chi connectivity index (χ0) is 18.4. The van der Waals surface area contributed by atoms with Crippen LogP contribution < -0.4 is 10.1 Å². The Labute approximate surface area is 167 Å². The normalized spacial score (nSPS) is 10.4. The Kier molecular flexibility index (Phi) is 6.28. The van der Waals surface area contributed by atoms with Gasteiger partial charge in [-0.2, -0.15) is 0 Å². The minimum absolute atomic E-state index is 0.0713. The lowest BCUT2D eigenvalue weighted by atomic mass is 10.1. The molecule has 0 aliphatic heterocycles. The van der Waals surface area contributed by atoms with Gasteiger partial charge in [0.05, 0.1) is 12.1 Å². The van der Waals surface area contributed by atoms with Crippen molar-refractivity contribution in [3.63, 3.8) is 0 Å². The van der Waals surface area contributed by atoms with Gasteiger partial charge in [-0.05, 0) is 52.8 Å². The molecule has 132 valence electrons. The van der Waals surface area contributed by atoms with E-state index in [2.05, 4.69) is 40.0 Å². The number of amides is 1. The van der Waals surface area contributed by atoms with E-state index in [1.54, 1.807) is 0 Å². The van der Waals surface area contributed by atoms with Crippen LogP contribution in [0.3, 0.4) is 0 Å². The molecule has 0 unspecified atom stereocenters. The first-order valence-corrected chi connectivity index (χ1v) is 9.55. The van der Waals surface area contributed by atoms with E-state index < -0.39 is 0 Å². The van der Waals surface area contributed by atoms with Crippen molar-refractivity contribution >= 4 is 28.5 Å². The molecule has 26 heavy (non-hydrogen) atoms. The van der Waals surface area contributed by atoms with E-state index in [0.717, 1.165) is 26.0 Å². The minimum Gasteiger partial charge on any atom is -0.491 e. The number of carbonyl (C=O) groups excluding carboxylic acids is 1. The van der Waals surface area contributed by atoms with Crippen molar-refractivity contribution in [2.24, 2.45) is 0 Å². The lowest BCUT2D eigenvalue weighted by Crippen LogP contribution is -2.28. The van der Waals surface area contributed by atoms with Crippen LogP contribution in [-0.2, 0) is 0 Å². The first kappa shape index (κ1) is 18.5. The summed E-state index contributed by atoms with van der Waals surface area (Å²) in [4.78, 5) is 12.3. The van der Waals surface area contributed by atoms with Crippen LogP contribution in [0.2, 0.25) is 0 Å². The van der Waals surface area contributed by atoms with E-state index in [4.69, 9.17) is 4.74 Å². The van der Waals surface area contributed by atoms with Gasteiger partial charge in [-0.3, -0.25) is 4.79 Å². The molecule has 0 spiro atoms. The molecule has 1 N–H and O–H groups in total. The van der Waals surface area contributed by atoms with E-state index in [0.29, 0.717) is 18.7 Å². The Bertz CT molecular complexity index is 894. The maximum Gasteiger partial charge on any atom is 0.252 e. The SMILES string of the molecule is Cc1cccc(C(=O)NCCOc2ccccc2-c2ccccc2)c1I. The highest BCUT2D eigenvalue weighted by Gasteiger charge is 2.11. The second-order valence-corrected chi connectivity index (χ2v) is 6.98. The molecule has 0 saturated heterocycles. The second-order valence-electron chi connectivity index (χ2n) is 5.90. The monoisotopic (exact) mass is 457 g/mol. The molecular formula is C22H20INO2. The molecule has 3 nitrogen and oxygen atoms in total. The Balaban J connectivity index is 1.59. The van der Waals surface area contributed by atoms with E-state index in [1.807, 2.05) is 67.6 Å². The number of rotatable bonds is 6. The molecule has 0 aromatic heterocycles. The largest absolute Gasteiger partial charge is 0.491 e. The van der Waals surface area contributed by atoms with Crippen molar-refractivity contribution in [3.05, 3.63) is 87.5 Å². The molecule has 4 heteroatoms. The minimum atomic E-state index is -0.0713. The summed E-state index contributed by atoms with van der Waals surface area (Å²) < 4.78 is 6.90. The fourth-order valence-corrected chi connectivity index (χ4v) is 3.30. The zero-order valence-electron chi connectivity index (χ0n) is 14.5. The molecule has 3 rings (SSSR count). The third kappa shape index (κ3) is 4.43. The Morgan fingerprint density at radius 1 is 0.962 bits per heavy atom. The molecule has 0 aliphatic rings. The predicted molar refractivity (Wildman–Crippen MR) is 114 cm³/mol. The summed E-state index contributed by atoms with van der Waals surface area (Å²) in [5.74, 6) is 0.746. The van der Waals surface area contributed by atoms with Crippen LogP contribution in [0.4, 0.5) is 0 Å². The van der Waals surface area contributed by atoms with Gasteiger partial charge in [-0.25, -0.2) is 0 Å². The van der Waals surface area contributed by atoms with Crippen molar-refractivity contribution in [2.75, 3.05) is 13.2 Å². The van der Waals surface area contributed by atoms with Crippen molar-refractivity contribution < 1.29 is 9.53 Å². The lowest BCUT2D eigenvalue weighted by molar-refractivity contribution is 0.0946. The van der Waals surface area contributed by atoms with Gasteiger partial charge in [-0.1, -0.05) is 60.7 Å². The number of para-hydroxylation sites is 1. The molecule has 0 fully saturated rings. The van der Waals surface area contributed by atoms with Gasteiger partial charge in [-0.15, -0.1) is 0 Å². The fraction of sp³-hybridized carbons (Fsp3) is 0.136. The fourth-order valence-electron chi connectivity index (χ4n) is 2.69. The van der Waals surface area contributed by atoms with Crippen LogP contribution in [0.5, 0.6) is 5.75 Å². The first-order valence-electron chi connectivity index (χ1n) is 8.47. The quantitative estimate of drug-likeness (QED) is 0.415. The Hall–Kier alpha value is -2.34. The van der Waals surface area contributed by atoms with Crippen LogP contribution in [0.25, 0.3) is 11.1 Å². The van der Waals surface area contributed by atoms with Crippen molar-refractivity contribution in [1.29, 1.82) is 0 Å². The Morgan fingerprint density at radius 2 is 1.69 bits per heavy atom. The summed E-state index contributed by atoms with van der Waals surface area (Å²) in [6.45, 7) is 2.87. The number of nitrogens with one attached hydrogen (secondary N) is 1. The summed E-state index contributed by atoms with van der Waals surface area (Å²) in [7, 11) is 0. The molecule has 0 bridgehead atoms. The van der Waals surface area contributed by atoms with Gasteiger partial charge < -0.3 is 10.1 Å². The summed E-state index contributed by atoms with van der Waals surface area (Å²) in [5.41, 5.74) is 3.97. The summed E-state index contributed by atoms with van der Waals surface area (Å²) in [6, 6.07) is 23.8. The van der Waals surface area contributed by atoms with E-state index in [9.17, 15) is 4.79 Å². The Morgan fingerprint density at radius 3 is 2.50 bits per heavy atom. The maximum atomic E-state index is 12.3. The summed E-state index contributed by atoms with van der Waals surface area (Å²) in [6.07, 6.45) is 0.